The molecule has 0 aliphatic carbocycles. The van der Waals surface area contributed by atoms with Gasteiger partial charge in [-0.3, -0.25) is 4.79 Å². The van der Waals surface area contributed by atoms with E-state index in [0.29, 0.717) is 5.69 Å². The Labute approximate surface area is 108 Å². The van der Waals surface area contributed by atoms with Crippen molar-refractivity contribution in [3.8, 4) is 0 Å². The molecule has 2 rings (SSSR count). The first-order valence-electron chi connectivity index (χ1n) is 4.83. The van der Waals surface area contributed by atoms with Gasteiger partial charge in [0.05, 0.1) is 15.8 Å². The number of nitrogens with zero attached hydrogens (tertiary/aromatic N) is 1. The van der Waals surface area contributed by atoms with E-state index in [2.05, 4.69) is 0 Å². The summed E-state index contributed by atoms with van der Waals surface area (Å²) in [5.41, 5.74) is 0.710. The molecule has 1 unspecified atom stereocenters. The van der Waals surface area contributed by atoms with Crippen LogP contribution in [0.15, 0.2) is 28.0 Å². The van der Waals surface area contributed by atoms with E-state index in [1.165, 1.54) is 28.8 Å². The van der Waals surface area contributed by atoms with Gasteiger partial charge in [-0.25, -0.2) is 8.42 Å². The molecule has 7 heteroatoms. The largest absolute Gasteiger partial charge is 0.313 e. The molecule has 0 radical (unpaired) electrons. The predicted molar refractivity (Wildman–Crippen MR) is 68.2 cm³/mol. The summed E-state index contributed by atoms with van der Waals surface area (Å²) in [5, 5.41) is -0.222. The summed E-state index contributed by atoms with van der Waals surface area (Å²) >= 11 is 1.34. The first-order chi connectivity index (χ1) is 7.80. The number of fused-ring (bicyclic) bond motifs is 1. The lowest BCUT2D eigenvalue weighted by atomic mass is 10.2. The van der Waals surface area contributed by atoms with Crippen LogP contribution in [0.2, 0.25) is 0 Å². The van der Waals surface area contributed by atoms with Crippen LogP contribution in [0.3, 0.4) is 0 Å². The number of thioether (sulfide) groups is 1. The molecule has 0 bridgehead atoms. The number of halogens is 1. The molecule has 4 nitrogen and oxygen atoms in total. The van der Waals surface area contributed by atoms with E-state index >= 15 is 0 Å². The Morgan fingerprint density at radius 2 is 2.06 bits per heavy atom. The van der Waals surface area contributed by atoms with Crippen LogP contribution in [0, 0.1) is 0 Å². The SMILES string of the molecule is CC1Sc2cc(S(=O)(=O)Cl)ccc2N(C)C1=O. The van der Waals surface area contributed by atoms with Gasteiger partial charge in [-0.05, 0) is 25.1 Å². The van der Waals surface area contributed by atoms with Crippen LogP contribution in [-0.4, -0.2) is 26.6 Å². The fraction of sp³-hybridized carbons (Fsp3) is 0.300. The second-order valence-corrected chi connectivity index (χ2v) is 7.67. The molecular formula is C10H10ClNO3S2. The van der Waals surface area contributed by atoms with Crippen molar-refractivity contribution in [1.82, 2.24) is 0 Å². The summed E-state index contributed by atoms with van der Waals surface area (Å²) in [5.74, 6) is 0.00369. The molecule has 0 spiro atoms. The first-order valence-corrected chi connectivity index (χ1v) is 8.02. The van der Waals surface area contributed by atoms with E-state index < -0.39 is 9.05 Å². The van der Waals surface area contributed by atoms with E-state index in [9.17, 15) is 13.2 Å². The number of amides is 1. The topological polar surface area (TPSA) is 54.5 Å². The Morgan fingerprint density at radius 3 is 2.65 bits per heavy atom. The maximum atomic E-state index is 11.7. The summed E-state index contributed by atoms with van der Waals surface area (Å²) in [6, 6.07) is 4.50. The lowest BCUT2D eigenvalue weighted by Gasteiger charge is -2.29. The normalized spacial score (nSPS) is 20.3. The molecule has 1 aliphatic rings. The molecule has 0 aromatic heterocycles. The molecule has 17 heavy (non-hydrogen) atoms. The van der Waals surface area contributed by atoms with Crippen molar-refractivity contribution >= 4 is 43.1 Å². The van der Waals surface area contributed by atoms with Crippen molar-refractivity contribution in [2.45, 2.75) is 22.0 Å². The van der Waals surface area contributed by atoms with Crippen LogP contribution < -0.4 is 4.90 Å². The zero-order chi connectivity index (χ0) is 12.8. The second kappa shape index (κ2) is 4.19. The number of benzene rings is 1. The van der Waals surface area contributed by atoms with Gasteiger partial charge >= 0.3 is 0 Å². The second-order valence-electron chi connectivity index (χ2n) is 3.72. The average Bonchev–Trinajstić information content (AvgIpc) is 2.24. The third-order valence-electron chi connectivity index (χ3n) is 2.56. The molecule has 1 aromatic carbocycles. The molecule has 1 aromatic rings. The van der Waals surface area contributed by atoms with Crippen LogP contribution in [0.25, 0.3) is 0 Å². The van der Waals surface area contributed by atoms with Gasteiger partial charge in [-0.15, -0.1) is 11.8 Å². The van der Waals surface area contributed by atoms with Crippen LogP contribution >= 0.6 is 22.4 Å². The molecule has 1 aliphatic heterocycles. The number of rotatable bonds is 1. The lowest BCUT2D eigenvalue weighted by molar-refractivity contribution is -0.117. The van der Waals surface area contributed by atoms with Crippen molar-refractivity contribution in [2.24, 2.45) is 0 Å². The number of carbonyl (C=O) groups excluding carboxylic acids is 1. The Balaban J connectivity index is 2.55. The van der Waals surface area contributed by atoms with Gasteiger partial charge in [0.2, 0.25) is 5.91 Å². The number of hydrogen-bond acceptors (Lipinski definition) is 4. The third kappa shape index (κ3) is 2.29. The van der Waals surface area contributed by atoms with Crippen LogP contribution in [0.4, 0.5) is 5.69 Å². The molecule has 0 saturated carbocycles. The van der Waals surface area contributed by atoms with E-state index in [4.69, 9.17) is 10.7 Å². The van der Waals surface area contributed by atoms with Gasteiger partial charge in [0, 0.05) is 22.6 Å². The molecule has 1 heterocycles. The fourth-order valence-corrected chi connectivity index (χ4v) is 3.66. The minimum atomic E-state index is -3.73. The summed E-state index contributed by atoms with van der Waals surface area (Å²) in [7, 11) is 3.23. The van der Waals surface area contributed by atoms with Crippen LogP contribution in [-0.2, 0) is 13.8 Å². The van der Waals surface area contributed by atoms with Crippen LogP contribution in [0.1, 0.15) is 6.92 Å². The maximum absolute atomic E-state index is 11.7. The fourth-order valence-electron chi connectivity index (χ4n) is 1.65. The lowest BCUT2D eigenvalue weighted by Crippen LogP contribution is -2.36. The van der Waals surface area contributed by atoms with Crippen molar-refractivity contribution in [2.75, 3.05) is 11.9 Å². The van der Waals surface area contributed by atoms with Gasteiger partial charge in [0.1, 0.15) is 0 Å². The molecule has 0 saturated heterocycles. The van der Waals surface area contributed by atoms with E-state index in [-0.39, 0.29) is 16.1 Å². The predicted octanol–water partition coefficient (Wildman–Crippen LogP) is 2.07. The van der Waals surface area contributed by atoms with Crippen molar-refractivity contribution in [3.05, 3.63) is 18.2 Å². The van der Waals surface area contributed by atoms with Gasteiger partial charge in [-0.2, -0.15) is 0 Å². The Morgan fingerprint density at radius 1 is 1.41 bits per heavy atom. The minimum absolute atomic E-state index is 0.00369. The highest BCUT2D eigenvalue weighted by molar-refractivity contribution is 8.13. The Kier molecular flexibility index (Phi) is 3.14. The zero-order valence-electron chi connectivity index (χ0n) is 9.18. The number of hydrogen-bond donors (Lipinski definition) is 0. The molecular weight excluding hydrogens is 282 g/mol. The molecule has 0 N–H and O–H groups in total. The highest BCUT2D eigenvalue weighted by Crippen LogP contribution is 2.39. The molecule has 1 amide bonds. The van der Waals surface area contributed by atoms with Gasteiger partial charge < -0.3 is 4.90 Å². The molecule has 1 atom stereocenters. The smallest absolute Gasteiger partial charge is 0.261 e. The van der Waals surface area contributed by atoms with E-state index in [1.54, 1.807) is 20.0 Å². The quantitative estimate of drug-likeness (QED) is 0.743. The summed E-state index contributed by atoms with van der Waals surface area (Å²) in [4.78, 5) is 14.1. The average molecular weight is 292 g/mol. The standard InChI is InChI=1S/C10H10ClNO3S2/c1-6-10(13)12(2)8-4-3-7(17(11,14)15)5-9(8)16-6/h3-6H,1-2H3. The van der Waals surface area contributed by atoms with Crippen molar-refractivity contribution < 1.29 is 13.2 Å². The summed E-state index contributed by atoms with van der Waals surface area (Å²) < 4.78 is 22.4. The highest BCUT2D eigenvalue weighted by atomic mass is 35.7. The molecule has 0 fully saturated rings. The number of carbonyl (C=O) groups is 1. The van der Waals surface area contributed by atoms with Gasteiger partial charge in [0.25, 0.3) is 9.05 Å². The zero-order valence-corrected chi connectivity index (χ0v) is 11.6. The third-order valence-corrected chi connectivity index (χ3v) is 5.04. The maximum Gasteiger partial charge on any atom is 0.261 e. The van der Waals surface area contributed by atoms with Gasteiger partial charge in [-0.1, -0.05) is 0 Å². The Hall–Kier alpha value is -0.720. The van der Waals surface area contributed by atoms with Crippen molar-refractivity contribution in [1.29, 1.82) is 0 Å². The van der Waals surface area contributed by atoms with E-state index in [1.807, 2.05) is 0 Å². The first kappa shape index (κ1) is 12.7. The van der Waals surface area contributed by atoms with Gasteiger partial charge in [0.15, 0.2) is 0 Å². The van der Waals surface area contributed by atoms with Crippen molar-refractivity contribution in [3.63, 3.8) is 0 Å². The van der Waals surface area contributed by atoms with E-state index in [0.717, 1.165) is 4.90 Å². The monoisotopic (exact) mass is 291 g/mol. The minimum Gasteiger partial charge on any atom is -0.313 e. The summed E-state index contributed by atoms with van der Waals surface area (Å²) in [6.07, 6.45) is 0. The highest BCUT2D eigenvalue weighted by Gasteiger charge is 2.29. The molecule has 92 valence electrons. The summed E-state index contributed by atoms with van der Waals surface area (Å²) in [6.45, 7) is 1.79. The Bertz CT molecular complexity index is 585. The number of anilines is 1. The van der Waals surface area contributed by atoms with Crippen LogP contribution in [0.5, 0.6) is 0 Å².